The molecule has 7 heteroatoms. The Morgan fingerprint density at radius 1 is 1.61 bits per heavy atom. The van der Waals surface area contributed by atoms with E-state index in [2.05, 4.69) is 5.10 Å². The van der Waals surface area contributed by atoms with Crippen molar-refractivity contribution in [1.29, 1.82) is 0 Å². The quantitative estimate of drug-likeness (QED) is 0.829. The van der Waals surface area contributed by atoms with Crippen LogP contribution in [-0.4, -0.2) is 25.4 Å². The van der Waals surface area contributed by atoms with Crippen LogP contribution < -0.4 is 5.69 Å². The van der Waals surface area contributed by atoms with E-state index in [-0.39, 0.29) is 5.69 Å². The minimum Gasteiger partial charge on any atom is -0.478 e. The summed E-state index contributed by atoms with van der Waals surface area (Å²) in [6.07, 6.45) is 4.06. The second kappa shape index (κ2) is 5.01. The van der Waals surface area contributed by atoms with Crippen LogP contribution in [0, 0.1) is 0 Å². The van der Waals surface area contributed by atoms with Crippen molar-refractivity contribution in [1.82, 2.24) is 14.3 Å². The highest BCUT2D eigenvalue weighted by molar-refractivity contribution is 7.10. The van der Waals surface area contributed by atoms with Crippen molar-refractivity contribution in [2.75, 3.05) is 0 Å². The summed E-state index contributed by atoms with van der Waals surface area (Å²) in [6, 6.07) is 1.84. The van der Waals surface area contributed by atoms with Crippen LogP contribution in [0.5, 0.6) is 0 Å². The Hall–Kier alpha value is -2.15. The number of aromatic nitrogens is 3. The van der Waals surface area contributed by atoms with Crippen LogP contribution in [0.4, 0.5) is 0 Å². The number of nitrogens with zero attached hydrogens (tertiary/aromatic N) is 3. The highest BCUT2D eigenvalue weighted by atomic mass is 32.1. The summed E-state index contributed by atoms with van der Waals surface area (Å²) in [7, 11) is 1.64. The van der Waals surface area contributed by atoms with Crippen molar-refractivity contribution < 1.29 is 9.90 Å². The van der Waals surface area contributed by atoms with E-state index in [1.54, 1.807) is 7.05 Å². The lowest BCUT2D eigenvalue weighted by atomic mass is 10.3. The summed E-state index contributed by atoms with van der Waals surface area (Å²) >= 11 is 1.46. The molecule has 0 saturated heterocycles. The second-order valence-electron chi connectivity index (χ2n) is 3.70. The van der Waals surface area contributed by atoms with Gasteiger partial charge in [0.15, 0.2) is 0 Å². The van der Waals surface area contributed by atoms with Crippen LogP contribution in [0.3, 0.4) is 0 Å². The van der Waals surface area contributed by atoms with Crippen LogP contribution in [-0.2, 0) is 18.4 Å². The van der Waals surface area contributed by atoms with Crippen molar-refractivity contribution >= 4 is 23.4 Å². The van der Waals surface area contributed by atoms with Crippen molar-refractivity contribution in [2.45, 2.75) is 6.54 Å². The number of rotatable bonds is 4. The first-order valence-corrected chi connectivity index (χ1v) is 6.01. The number of carboxylic acids is 1. The Balaban J connectivity index is 2.14. The maximum Gasteiger partial charge on any atom is 0.345 e. The molecule has 0 amide bonds. The number of carboxylic acid groups (broad SMARTS) is 1. The Bertz CT molecular complexity index is 651. The lowest BCUT2D eigenvalue weighted by molar-refractivity contribution is -0.131. The molecule has 0 fully saturated rings. The normalized spacial score (nSPS) is 11.2. The zero-order valence-corrected chi connectivity index (χ0v) is 10.4. The van der Waals surface area contributed by atoms with Crippen LogP contribution in [0.1, 0.15) is 10.4 Å². The summed E-state index contributed by atoms with van der Waals surface area (Å²) in [5.74, 6) is -0.983. The van der Waals surface area contributed by atoms with E-state index in [0.29, 0.717) is 6.54 Å². The van der Waals surface area contributed by atoms with Gasteiger partial charge in [0.1, 0.15) is 6.33 Å². The molecular formula is C11H11N3O3S. The average molecular weight is 265 g/mol. The number of thiophene rings is 1. The standard InChI is InChI=1S/C11H11N3O3S/c1-13-7-12-14(11(13)17)5-9-4-8(6-18-9)2-3-10(15)16/h2-4,6-7H,5H2,1H3,(H,15,16)/b3-2+. The third-order valence-electron chi connectivity index (χ3n) is 2.28. The van der Waals surface area contributed by atoms with Crippen molar-refractivity contribution in [2.24, 2.45) is 7.05 Å². The van der Waals surface area contributed by atoms with Gasteiger partial charge in [-0.15, -0.1) is 11.3 Å². The molecule has 2 rings (SSSR count). The molecule has 0 aliphatic heterocycles. The fourth-order valence-electron chi connectivity index (χ4n) is 1.41. The Morgan fingerprint density at radius 2 is 2.39 bits per heavy atom. The van der Waals surface area contributed by atoms with E-state index in [1.807, 2.05) is 11.4 Å². The highest BCUT2D eigenvalue weighted by Crippen LogP contribution is 2.16. The molecule has 0 aliphatic carbocycles. The molecule has 6 nitrogen and oxygen atoms in total. The maximum atomic E-state index is 11.6. The van der Waals surface area contributed by atoms with Gasteiger partial charge >= 0.3 is 11.7 Å². The van der Waals surface area contributed by atoms with Gasteiger partial charge in [-0.1, -0.05) is 0 Å². The minimum atomic E-state index is -0.983. The van der Waals surface area contributed by atoms with Crippen molar-refractivity contribution in [3.63, 3.8) is 0 Å². The summed E-state index contributed by atoms with van der Waals surface area (Å²) in [4.78, 5) is 22.9. The number of aliphatic carboxylic acids is 1. The Morgan fingerprint density at radius 3 is 3.00 bits per heavy atom. The van der Waals surface area contributed by atoms with Crippen LogP contribution in [0.15, 0.2) is 28.6 Å². The molecule has 2 heterocycles. The Labute approximate surface area is 106 Å². The van der Waals surface area contributed by atoms with E-state index in [0.717, 1.165) is 16.5 Å². The average Bonchev–Trinajstić information content (AvgIpc) is 2.89. The van der Waals surface area contributed by atoms with Crippen LogP contribution in [0.2, 0.25) is 0 Å². The van der Waals surface area contributed by atoms with E-state index in [1.165, 1.54) is 33.0 Å². The minimum absolute atomic E-state index is 0.175. The summed E-state index contributed by atoms with van der Waals surface area (Å²) < 4.78 is 2.76. The number of hydrogen-bond donors (Lipinski definition) is 1. The highest BCUT2D eigenvalue weighted by Gasteiger charge is 2.04. The number of hydrogen-bond acceptors (Lipinski definition) is 4. The van der Waals surface area contributed by atoms with Gasteiger partial charge in [-0.25, -0.2) is 14.3 Å². The van der Waals surface area contributed by atoms with Gasteiger partial charge in [0, 0.05) is 18.0 Å². The molecule has 0 saturated carbocycles. The van der Waals surface area contributed by atoms with Gasteiger partial charge in [0.05, 0.1) is 6.54 Å². The lowest BCUT2D eigenvalue weighted by Gasteiger charge is -1.94. The molecule has 0 atom stereocenters. The van der Waals surface area contributed by atoms with E-state index >= 15 is 0 Å². The first kappa shape index (κ1) is 12.3. The molecule has 18 heavy (non-hydrogen) atoms. The first-order valence-electron chi connectivity index (χ1n) is 5.13. The molecule has 0 unspecified atom stereocenters. The maximum absolute atomic E-state index is 11.6. The lowest BCUT2D eigenvalue weighted by Crippen LogP contribution is -2.23. The SMILES string of the molecule is Cn1cnn(Cc2cc(/C=C/C(=O)O)cs2)c1=O. The molecule has 0 bridgehead atoms. The van der Waals surface area contributed by atoms with Crippen LogP contribution in [0.25, 0.3) is 6.08 Å². The number of carbonyl (C=O) groups is 1. The van der Waals surface area contributed by atoms with E-state index in [9.17, 15) is 9.59 Å². The molecule has 0 radical (unpaired) electrons. The van der Waals surface area contributed by atoms with Crippen molar-refractivity contribution in [3.8, 4) is 0 Å². The zero-order chi connectivity index (χ0) is 13.1. The smallest absolute Gasteiger partial charge is 0.345 e. The Kier molecular flexibility index (Phi) is 3.42. The van der Waals surface area contributed by atoms with E-state index < -0.39 is 5.97 Å². The predicted molar refractivity (Wildman–Crippen MR) is 67.6 cm³/mol. The monoisotopic (exact) mass is 265 g/mol. The molecule has 94 valence electrons. The van der Waals surface area contributed by atoms with E-state index in [4.69, 9.17) is 5.11 Å². The number of aryl methyl sites for hydroxylation is 1. The fourth-order valence-corrected chi connectivity index (χ4v) is 2.25. The van der Waals surface area contributed by atoms with Crippen molar-refractivity contribution in [3.05, 3.63) is 44.8 Å². The van der Waals surface area contributed by atoms with Gasteiger partial charge in [-0.3, -0.25) is 4.57 Å². The molecule has 0 aromatic carbocycles. The first-order chi connectivity index (χ1) is 8.56. The summed E-state index contributed by atoms with van der Waals surface area (Å²) in [5, 5.41) is 14.3. The molecule has 0 aliphatic rings. The molecule has 0 spiro atoms. The third kappa shape index (κ3) is 2.75. The zero-order valence-electron chi connectivity index (χ0n) is 9.61. The van der Waals surface area contributed by atoms with Gasteiger partial charge in [-0.2, -0.15) is 5.10 Å². The van der Waals surface area contributed by atoms with Gasteiger partial charge < -0.3 is 5.11 Å². The second-order valence-corrected chi connectivity index (χ2v) is 4.70. The largest absolute Gasteiger partial charge is 0.478 e. The van der Waals surface area contributed by atoms with Gasteiger partial charge in [0.2, 0.25) is 0 Å². The summed E-state index contributed by atoms with van der Waals surface area (Å²) in [6.45, 7) is 0.394. The third-order valence-corrected chi connectivity index (χ3v) is 3.22. The topological polar surface area (TPSA) is 77.1 Å². The predicted octanol–water partition coefficient (Wildman–Crippen LogP) is 0.789. The molecular weight excluding hydrogens is 254 g/mol. The van der Waals surface area contributed by atoms with Gasteiger partial charge in [-0.05, 0) is 23.1 Å². The fraction of sp³-hybridized carbons (Fsp3) is 0.182. The van der Waals surface area contributed by atoms with Gasteiger partial charge in [0.25, 0.3) is 0 Å². The summed E-state index contributed by atoms with van der Waals surface area (Å²) in [5.41, 5.74) is 0.632. The molecule has 1 N–H and O–H groups in total. The van der Waals surface area contributed by atoms with Crippen LogP contribution >= 0.6 is 11.3 Å². The molecule has 2 aromatic heterocycles. The molecule has 2 aromatic rings.